The van der Waals surface area contributed by atoms with Gasteiger partial charge in [-0.3, -0.25) is 9.78 Å². The van der Waals surface area contributed by atoms with E-state index in [0.717, 1.165) is 19.8 Å². The van der Waals surface area contributed by atoms with E-state index < -0.39 is 12.3 Å². The van der Waals surface area contributed by atoms with Gasteiger partial charge in [-0.25, -0.2) is 0 Å². The maximum absolute atomic E-state index is 12.7. The molecule has 140 valence electrons. The smallest absolute Gasteiger partial charge is 0.425 e. The number of amides is 1. The van der Waals surface area contributed by atoms with Gasteiger partial charge in [-0.2, -0.15) is 18.4 Å². The Labute approximate surface area is 153 Å². The molecule has 1 atom stereocenters. The van der Waals surface area contributed by atoms with Crippen LogP contribution < -0.4 is 10.1 Å². The second-order valence-corrected chi connectivity index (χ2v) is 6.32. The van der Waals surface area contributed by atoms with Gasteiger partial charge in [0.1, 0.15) is 11.8 Å². The largest absolute Gasteiger partial charge is 0.480 e. The zero-order chi connectivity index (χ0) is 19.6. The molecule has 1 aromatic heterocycles. The lowest BCUT2D eigenvalue weighted by Gasteiger charge is -2.18. The molecule has 1 amide bonds. The third-order valence-corrected chi connectivity index (χ3v) is 4.14. The van der Waals surface area contributed by atoms with Crippen LogP contribution in [0.5, 0.6) is 5.75 Å². The number of nitrogens with one attached hydrogen (secondary N) is 1. The molecule has 27 heavy (non-hydrogen) atoms. The number of aromatic nitrogens is 1. The number of ether oxygens (including phenoxy) is 1. The van der Waals surface area contributed by atoms with Crippen LogP contribution in [0.25, 0.3) is 11.3 Å². The highest BCUT2D eigenvalue weighted by atomic mass is 19.4. The fourth-order valence-electron chi connectivity index (χ4n) is 2.39. The minimum absolute atomic E-state index is 0.0298. The van der Waals surface area contributed by atoms with Gasteiger partial charge in [-0.05, 0) is 50.1 Å². The van der Waals surface area contributed by atoms with Gasteiger partial charge >= 0.3 is 6.18 Å². The van der Waals surface area contributed by atoms with Gasteiger partial charge in [-0.1, -0.05) is 0 Å². The van der Waals surface area contributed by atoms with Crippen molar-refractivity contribution in [3.05, 3.63) is 42.1 Å². The maximum Gasteiger partial charge on any atom is 0.425 e. The van der Waals surface area contributed by atoms with E-state index in [1.165, 1.54) is 24.4 Å². The van der Waals surface area contributed by atoms with Crippen LogP contribution in [0.15, 0.2) is 36.5 Å². The van der Waals surface area contributed by atoms with E-state index in [9.17, 15) is 23.2 Å². The summed E-state index contributed by atoms with van der Waals surface area (Å²) in [6, 6.07) is 9.39. The number of halogens is 3. The Morgan fingerprint density at radius 2 is 2.07 bits per heavy atom. The van der Waals surface area contributed by atoms with Crippen molar-refractivity contribution in [3.63, 3.8) is 0 Å². The van der Waals surface area contributed by atoms with E-state index in [-0.39, 0.29) is 23.1 Å². The third kappa shape index (κ3) is 4.56. The Bertz CT molecular complexity index is 902. The summed E-state index contributed by atoms with van der Waals surface area (Å²) in [5.74, 6) is -0.141. The molecule has 1 saturated carbocycles. The maximum atomic E-state index is 12.7. The molecule has 3 rings (SSSR count). The highest BCUT2D eigenvalue weighted by Gasteiger charge is 2.38. The molecule has 1 aliphatic rings. The number of alkyl halides is 3. The first-order valence-electron chi connectivity index (χ1n) is 8.32. The number of rotatable bonds is 5. The summed E-state index contributed by atoms with van der Waals surface area (Å²) in [7, 11) is 0. The van der Waals surface area contributed by atoms with Crippen molar-refractivity contribution in [2.24, 2.45) is 5.92 Å². The van der Waals surface area contributed by atoms with Crippen molar-refractivity contribution < 1.29 is 22.7 Å². The number of nitriles is 1. The number of carbonyl (C=O) groups is 1. The van der Waals surface area contributed by atoms with Crippen LogP contribution in [0.2, 0.25) is 0 Å². The zero-order valence-corrected chi connectivity index (χ0v) is 14.4. The van der Waals surface area contributed by atoms with Crippen molar-refractivity contribution in [3.8, 4) is 23.1 Å². The molecule has 0 spiro atoms. The quantitative estimate of drug-likeness (QED) is 0.846. The molecule has 1 fully saturated rings. The molecule has 2 aromatic rings. The molecule has 0 aliphatic heterocycles. The first kappa shape index (κ1) is 18.7. The standard InChI is InChI=1S/C19H16F3N3O2/c1-11(19(20,21)22)27-17-5-4-13(8-14(17)10-23)16-9-15(6-7-24-16)25-18(26)12-2-3-12/h4-9,11-12H,2-3H2,1H3,(H,24,25,26). The van der Waals surface area contributed by atoms with Crippen LogP contribution in [-0.4, -0.2) is 23.2 Å². The van der Waals surface area contributed by atoms with E-state index in [2.05, 4.69) is 10.3 Å². The molecule has 1 aliphatic carbocycles. The number of hydrogen-bond acceptors (Lipinski definition) is 4. The van der Waals surface area contributed by atoms with Crippen LogP contribution in [0, 0.1) is 17.2 Å². The molecule has 0 radical (unpaired) electrons. The van der Waals surface area contributed by atoms with Crippen LogP contribution in [-0.2, 0) is 4.79 Å². The highest BCUT2D eigenvalue weighted by Crippen LogP contribution is 2.32. The van der Waals surface area contributed by atoms with Crippen LogP contribution in [0.1, 0.15) is 25.3 Å². The van der Waals surface area contributed by atoms with Crippen LogP contribution in [0.4, 0.5) is 18.9 Å². The topological polar surface area (TPSA) is 75.0 Å². The van der Waals surface area contributed by atoms with Crippen molar-refractivity contribution in [1.29, 1.82) is 5.26 Å². The van der Waals surface area contributed by atoms with Gasteiger partial charge in [0.25, 0.3) is 0 Å². The van der Waals surface area contributed by atoms with E-state index >= 15 is 0 Å². The van der Waals surface area contributed by atoms with E-state index in [0.29, 0.717) is 16.9 Å². The monoisotopic (exact) mass is 375 g/mol. The fraction of sp³-hybridized carbons (Fsp3) is 0.316. The summed E-state index contributed by atoms with van der Waals surface area (Å²) >= 11 is 0. The number of nitrogens with zero attached hydrogens (tertiary/aromatic N) is 2. The zero-order valence-electron chi connectivity index (χ0n) is 14.4. The van der Waals surface area contributed by atoms with E-state index in [4.69, 9.17) is 4.74 Å². The minimum Gasteiger partial charge on any atom is -0.480 e. The average molecular weight is 375 g/mol. The van der Waals surface area contributed by atoms with E-state index in [1.807, 2.05) is 6.07 Å². The summed E-state index contributed by atoms with van der Waals surface area (Å²) < 4.78 is 42.9. The molecule has 8 heteroatoms. The molecule has 1 unspecified atom stereocenters. The summed E-state index contributed by atoms with van der Waals surface area (Å²) in [4.78, 5) is 16.1. The number of hydrogen-bond donors (Lipinski definition) is 1. The van der Waals surface area contributed by atoms with Crippen molar-refractivity contribution >= 4 is 11.6 Å². The Balaban J connectivity index is 1.83. The van der Waals surface area contributed by atoms with Gasteiger partial charge < -0.3 is 10.1 Å². The molecular weight excluding hydrogens is 359 g/mol. The van der Waals surface area contributed by atoms with Gasteiger partial charge in [-0.15, -0.1) is 0 Å². The molecule has 1 heterocycles. The van der Waals surface area contributed by atoms with Gasteiger partial charge in [0.15, 0.2) is 6.10 Å². The van der Waals surface area contributed by atoms with Gasteiger partial charge in [0.2, 0.25) is 5.91 Å². The Kier molecular flexibility index (Phi) is 5.04. The average Bonchev–Trinajstić information content (AvgIpc) is 3.46. The highest BCUT2D eigenvalue weighted by molar-refractivity contribution is 5.94. The van der Waals surface area contributed by atoms with Gasteiger partial charge in [0, 0.05) is 23.4 Å². The first-order valence-corrected chi connectivity index (χ1v) is 8.32. The lowest BCUT2D eigenvalue weighted by Crippen LogP contribution is -2.31. The summed E-state index contributed by atoms with van der Waals surface area (Å²) in [6.07, 6.45) is -3.28. The minimum atomic E-state index is -4.53. The lowest BCUT2D eigenvalue weighted by molar-refractivity contribution is -0.189. The van der Waals surface area contributed by atoms with Crippen molar-refractivity contribution in [2.75, 3.05) is 5.32 Å². The van der Waals surface area contributed by atoms with Crippen molar-refractivity contribution in [1.82, 2.24) is 4.98 Å². The van der Waals surface area contributed by atoms with Crippen LogP contribution in [0.3, 0.4) is 0 Å². The Morgan fingerprint density at radius 1 is 1.33 bits per heavy atom. The third-order valence-electron chi connectivity index (χ3n) is 4.14. The molecule has 1 N–H and O–H groups in total. The number of benzene rings is 1. The number of pyridine rings is 1. The Morgan fingerprint density at radius 3 is 2.70 bits per heavy atom. The predicted octanol–water partition coefficient (Wildman–Crippen LogP) is 4.30. The summed E-state index contributed by atoms with van der Waals surface area (Å²) in [5.41, 5.74) is 1.55. The lowest BCUT2D eigenvalue weighted by atomic mass is 10.1. The molecule has 0 bridgehead atoms. The summed E-state index contributed by atoms with van der Waals surface area (Å²) in [6.45, 7) is 0.878. The molecule has 0 saturated heterocycles. The van der Waals surface area contributed by atoms with Crippen molar-refractivity contribution in [2.45, 2.75) is 32.0 Å². The predicted molar refractivity (Wildman–Crippen MR) is 91.9 cm³/mol. The Hall–Kier alpha value is -3.08. The second kappa shape index (κ2) is 7.27. The molecule has 1 aromatic carbocycles. The van der Waals surface area contributed by atoms with E-state index in [1.54, 1.807) is 12.1 Å². The first-order chi connectivity index (χ1) is 12.8. The molecule has 5 nitrogen and oxygen atoms in total. The summed E-state index contributed by atoms with van der Waals surface area (Å²) in [5, 5.41) is 12.1. The van der Waals surface area contributed by atoms with Gasteiger partial charge in [0.05, 0.1) is 11.3 Å². The number of anilines is 1. The molecular formula is C19H16F3N3O2. The number of carbonyl (C=O) groups excluding carboxylic acids is 1. The fourth-order valence-corrected chi connectivity index (χ4v) is 2.39. The SMILES string of the molecule is CC(Oc1ccc(-c2cc(NC(=O)C3CC3)ccn2)cc1C#N)C(F)(F)F. The van der Waals surface area contributed by atoms with Crippen LogP contribution >= 0.6 is 0 Å². The normalized spacial score (nSPS) is 14.9. The second-order valence-electron chi connectivity index (χ2n) is 6.32.